The first-order valence-corrected chi connectivity index (χ1v) is 34.1. The number of hydrogen-bond acceptors (Lipinski definition) is 10. The highest BCUT2D eigenvalue weighted by Crippen LogP contribution is 2.60. The van der Waals surface area contributed by atoms with E-state index in [1.165, 1.54) is 0 Å². The third-order valence-electron chi connectivity index (χ3n) is 20.1. The van der Waals surface area contributed by atoms with Crippen molar-refractivity contribution in [1.29, 1.82) is 0 Å². The first kappa shape index (κ1) is 63.5. The van der Waals surface area contributed by atoms with Crippen molar-refractivity contribution in [3.05, 3.63) is 250 Å². The van der Waals surface area contributed by atoms with Crippen LogP contribution in [0.5, 0.6) is 46.0 Å². The van der Waals surface area contributed by atoms with Crippen LogP contribution in [0.2, 0.25) is 0 Å². The summed E-state index contributed by atoms with van der Waals surface area (Å²) in [6.07, 6.45) is 1.37. The maximum Gasteiger partial charge on any atom is 0.183 e. The number of hydrogen-bond donors (Lipinski definition) is 0. The van der Waals surface area contributed by atoms with Gasteiger partial charge in [0.15, 0.2) is 23.1 Å². The van der Waals surface area contributed by atoms with Gasteiger partial charge in [-0.25, -0.2) is 0 Å². The maximum atomic E-state index is 17.0. The molecule has 0 amide bonds. The molecular formula is C88H78N2O8. The van der Waals surface area contributed by atoms with Gasteiger partial charge in [-0.3, -0.25) is 29.1 Å². The number of fused-ring (bicyclic) bond motifs is 4. The van der Waals surface area contributed by atoms with Crippen molar-refractivity contribution < 1.29 is 38.1 Å². The summed E-state index contributed by atoms with van der Waals surface area (Å²) in [6, 6.07) is 61.7. The molecule has 0 aliphatic heterocycles. The normalized spacial score (nSPS) is 14.4. The molecule has 2 heterocycles. The van der Waals surface area contributed by atoms with Crippen LogP contribution < -0.4 is 18.9 Å². The Kier molecular flexibility index (Phi) is 14.9. The average Bonchev–Trinajstić information content (AvgIpc) is 0.668. The maximum absolute atomic E-state index is 17.0. The van der Waals surface area contributed by atoms with Crippen molar-refractivity contribution in [3.8, 4) is 46.0 Å². The number of benzene rings is 11. The molecule has 10 nitrogen and oxygen atoms in total. The monoisotopic (exact) mass is 1290 g/mol. The Bertz CT molecular complexity index is 5220. The van der Waals surface area contributed by atoms with Gasteiger partial charge in [0.05, 0.1) is 22.4 Å². The van der Waals surface area contributed by atoms with Gasteiger partial charge in [0.2, 0.25) is 0 Å². The number of unbranched alkanes of at least 4 members (excludes halogenated alkanes) is 1. The van der Waals surface area contributed by atoms with E-state index in [0.717, 1.165) is 33.0 Å². The molecule has 0 N–H and O–H groups in total. The topological polar surface area (TPSA) is 131 Å². The minimum atomic E-state index is -1.80. The average molecular weight is 1290 g/mol. The van der Waals surface area contributed by atoms with Crippen molar-refractivity contribution in [2.45, 2.75) is 142 Å². The van der Waals surface area contributed by atoms with Gasteiger partial charge >= 0.3 is 0 Å². The number of ether oxygens (including phenoxy) is 4. The van der Waals surface area contributed by atoms with Crippen LogP contribution in [0.1, 0.15) is 190 Å². The Morgan fingerprint density at radius 2 is 0.684 bits per heavy atom. The molecular weight excluding hydrogens is 1210 g/mol. The molecule has 15 rings (SSSR count). The molecule has 0 bridgehead atoms. The lowest BCUT2D eigenvalue weighted by Gasteiger charge is -2.36. The molecule has 2 aliphatic rings. The fourth-order valence-electron chi connectivity index (χ4n) is 14.7. The molecule has 0 saturated heterocycles. The van der Waals surface area contributed by atoms with Crippen molar-refractivity contribution in [3.63, 3.8) is 0 Å². The predicted molar refractivity (Wildman–Crippen MR) is 393 cm³/mol. The Labute approximate surface area is 571 Å². The molecule has 2 aliphatic carbocycles. The van der Waals surface area contributed by atoms with Crippen LogP contribution >= 0.6 is 0 Å². The third-order valence-corrected chi connectivity index (χ3v) is 20.1. The van der Waals surface area contributed by atoms with Crippen LogP contribution in [0.15, 0.2) is 194 Å². The Morgan fingerprint density at radius 1 is 0.357 bits per heavy atom. The smallest absolute Gasteiger partial charge is 0.183 e. The van der Waals surface area contributed by atoms with Crippen molar-refractivity contribution in [2.24, 2.45) is 0 Å². The van der Waals surface area contributed by atoms with E-state index in [4.69, 9.17) is 28.9 Å². The zero-order valence-corrected chi connectivity index (χ0v) is 57.8. The predicted octanol–water partition coefficient (Wildman–Crippen LogP) is 22.9. The van der Waals surface area contributed by atoms with Gasteiger partial charge in [-0.1, -0.05) is 200 Å². The van der Waals surface area contributed by atoms with E-state index in [2.05, 4.69) is 90.0 Å². The molecule has 0 radical (unpaired) electrons. The van der Waals surface area contributed by atoms with Gasteiger partial charge in [0, 0.05) is 76.1 Å². The molecule has 0 saturated carbocycles. The van der Waals surface area contributed by atoms with Crippen molar-refractivity contribution in [2.75, 3.05) is 0 Å². The van der Waals surface area contributed by atoms with Gasteiger partial charge in [-0.05, 0) is 147 Å². The van der Waals surface area contributed by atoms with Gasteiger partial charge in [0.25, 0.3) is 0 Å². The van der Waals surface area contributed by atoms with Crippen LogP contribution in [-0.4, -0.2) is 33.1 Å². The first-order chi connectivity index (χ1) is 46.7. The second-order valence-corrected chi connectivity index (χ2v) is 30.8. The van der Waals surface area contributed by atoms with E-state index in [1.54, 1.807) is 30.3 Å². The molecule has 0 spiro atoms. The minimum absolute atomic E-state index is 0.162. The van der Waals surface area contributed by atoms with E-state index >= 15 is 19.2 Å². The van der Waals surface area contributed by atoms with E-state index < -0.39 is 34.5 Å². The molecule has 0 atom stereocenters. The fourth-order valence-corrected chi connectivity index (χ4v) is 14.7. The highest BCUT2D eigenvalue weighted by Gasteiger charge is 2.54. The van der Waals surface area contributed by atoms with Gasteiger partial charge in [0.1, 0.15) is 57.3 Å². The second kappa shape index (κ2) is 23.0. The van der Waals surface area contributed by atoms with Gasteiger partial charge < -0.3 is 18.9 Å². The lowest BCUT2D eigenvalue weighted by Crippen LogP contribution is -2.47. The summed E-state index contributed by atoms with van der Waals surface area (Å²) < 4.78 is 29.7. The number of pyridine rings is 2. The summed E-state index contributed by atoms with van der Waals surface area (Å²) >= 11 is 0. The van der Waals surface area contributed by atoms with E-state index in [-0.39, 0.29) is 73.3 Å². The highest BCUT2D eigenvalue weighted by atomic mass is 16.5. The minimum Gasteiger partial charge on any atom is -0.457 e. The van der Waals surface area contributed by atoms with Crippen LogP contribution in [0, 0.1) is 0 Å². The zero-order chi connectivity index (χ0) is 68.7. The summed E-state index contributed by atoms with van der Waals surface area (Å²) in [6.45, 7) is 27.9. The van der Waals surface area contributed by atoms with Crippen LogP contribution in [0.4, 0.5) is 0 Å². The zero-order valence-electron chi connectivity index (χ0n) is 57.8. The molecule has 13 aromatic rings. The first-order valence-electron chi connectivity index (χ1n) is 34.1. The summed E-state index contributed by atoms with van der Waals surface area (Å²) in [4.78, 5) is 76.7. The summed E-state index contributed by atoms with van der Waals surface area (Å²) in [5, 5.41) is 5.11. The van der Waals surface area contributed by atoms with Crippen LogP contribution in [0.25, 0.3) is 64.9 Å². The highest BCUT2D eigenvalue weighted by molar-refractivity contribution is 6.47. The van der Waals surface area contributed by atoms with Gasteiger partial charge in [-0.2, -0.15) is 0 Å². The molecule has 11 aromatic carbocycles. The standard InChI is InChI=1S/C88H78N2O8/c1-14-15-44-88(70-43-25-50-21-17-19-23-64(50)90-70)82(93)61-47-68(97-57-38-30-53(31-39-57)86(8,9)10)76-74-66(95-55-34-26-51(27-35-55)84(2,3)4)45-59-71-60(81(92)73(80(59)91)65-42-24-49-20-16-18-22-63(49)89-65)46-67(96-56-36-28-52(29-37-56)85(5,6)7)75(78(71)74)77-69(48-62(83(88)94)72(61)79(76)77)98-58-40-32-54(33-41-58)87(11,12)13/h16-43,45-48,73H,14-15,44H2,1-13H3. The SMILES string of the molecule is CCCCC1(c2ccc3ccccc3n2)C(=O)c2cc(Oc3ccc(C(C)(C)C)cc3)c3c4c(Oc5ccc(C(C)(C)C)cc5)cc5c6c(cc(Oc7ccc(C(C)(C)C)cc7)c(c7c(Oc8ccc(C(C)(C)C)cc8)cc(c2c37)C1=O)c64)C(=O)C(c1ccc2ccccc2n1)C5=O. The van der Waals surface area contributed by atoms with Crippen LogP contribution in [0.3, 0.4) is 0 Å². The van der Waals surface area contributed by atoms with E-state index in [1.807, 2.05) is 164 Å². The Hall–Kier alpha value is -10.6. The number of carbonyl (C=O) groups excluding carboxylic acids is 4. The molecule has 488 valence electrons. The number of para-hydroxylation sites is 2. The van der Waals surface area contributed by atoms with Crippen molar-refractivity contribution >= 4 is 88.0 Å². The number of aromatic nitrogens is 2. The van der Waals surface area contributed by atoms with Gasteiger partial charge in [-0.15, -0.1) is 0 Å². The quantitative estimate of drug-likeness (QED) is 0.0624. The molecule has 10 heteroatoms. The number of nitrogens with zero attached hydrogens (tertiary/aromatic N) is 2. The molecule has 98 heavy (non-hydrogen) atoms. The van der Waals surface area contributed by atoms with E-state index in [9.17, 15) is 0 Å². The van der Waals surface area contributed by atoms with Crippen LogP contribution in [-0.2, 0) is 27.1 Å². The molecule has 0 fully saturated rings. The Morgan fingerprint density at radius 3 is 1.04 bits per heavy atom. The summed E-state index contributed by atoms with van der Waals surface area (Å²) in [5.41, 5.74) is 4.59. The number of Topliss-reactive ketones (excluding diaryl/α,β-unsaturated/α-hetero) is 4. The third kappa shape index (κ3) is 10.5. The lowest BCUT2D eigenvalue weighted by molar-refractivity contribution is 0.0736. The largest absolute Gasteiger partial charge is 0.457 e. The summed E-state index contributed by atoms with van der Waals surface area (Å²) in [5.74, 6) is -0.290. The van der Waals surface area contributed by atoms with E-state index in [0.29, 0.717) is 101 Å². The number of carbonyl (C=O) groups is 4. The second-order valence-electron chi connectivity index (χ2n) is 30.8. The van der Waals surface area contributed by atoms with Crippen molar-refractivity contribution in [1.82, 2.24) is 9.97 Å². The molecule has 0 unspecified atom stereocenters. The Balaban J connectivity index is 1.14. The number of rotatable bonds is 13. The molecule has 2 aromatic heterocycles. The summed E-state index contributed by atoms with van der Waals surface area (Å²) in [7, 11) is 0. The number of ketones is 4. The lowest BCUT2D eigenvalue weighted by atomic mass is 9.63. The fraction of sp³-hybridized carbons (Fsp3) is 0.250.